The lowest BCUT2D eigenvalue weighted by molar-refractivity contribution is 0.347. The van der Waals surface area contributed by atoms with Crippen LogP contribution in [0.4, 0.5) is 0 Å². The Labute approximate surface area is 100 Å². The molecule has 78 valence electrons. The molecule has 0 bridgehead atoms. The lowest BCUT2D eigenvalue weighted by atomic mass is 9.73. The second-order valence-electron chi connectivity index (χ2n) is 4.28. The predicted molar refractivity (Wildman–Crippen MR) is 70.4 cm³/mol. The molecule has 1 nitrogen and oxygen atoms in total. The Morgan fingerprint density at radius 2 is 1.79 bits per heavy atom. The van der Waals surface area contributed by atoms with E-state index in [9.17, 15) is 0 Å². The van der Waals surface area contributed by atoms with Gasteiger partial charge in [0.05, 0.1) is 0 Å². The Bertz CT molecular complexity index is 292. The summed E-state index contributed by atoms with van der Waals surface area (Å²) >= 11 is 2.32. The van der Waals surface area contributed by atoms with E-state index in [0.29, 0.717) is 12.5 Å². The number of hydrogen-bond acceptors (Lipinski definition) is 1. The van der Waals surface area contributed by atoms with Gasteiger partial charge in [-0.25, -0.2) is 0 Å². The van der Waals surface area contributed by atoms with Crippen LogP contribution in [0.25, 0.3) is 0 Å². The van der Waals surface area contributed by atoms with Crippen LogP contribution in [0.3, 0.4) is 0 Å². The van der Waals surface area contributed by atoms with Crippen LogP contribution in [0.15, 0.2) is 24.3 Å². The number of halogens is 1. The fraction of sp³-hybridized carbons (Fsp3) is 0.500. The Morgan fingerprint density at radius 3 is 2.14 bits per heavy atom. The first-order valence-corrected chi connectivity index (χ1v) is 6.04. The van der Waals surface area contributed by atoms with E-state index in [4.69, 9.17) is 5.73 Å². The summed E-state index contributed by atoms with van der Waals surface area (Å²) in [7, 11) is 0. The first-order valence-electron chi connectivity index (χ1n) is 4.97. The number of benzene rings is 1. The van der Waals surface area contributed by atoms with E-state index in [0.717, 1.165) is 0 Å². The first kappa shape index (κ1) is 12.0. The Balaban J connectivity index is 3.06. The van der Waals surface area contributed by atoms with Crippen molar-refractivity contribution in [2.45, 2.75) is 26.2 Å². The molecule has 0 aromatic heterocycles. The van der Waals surface area contributed by atoms with Crippen molar-refractivity contribution in [3.8, 4) is 0 Å². The van der Waals surface area contributed by atoms with Crippen molar-refractivity contribution in [3.63, 3.8) is 0 Å². The summed E-state index contributed by atoms with van der Waals surface area (Å²) in [5.41, 5.74) is 7.32. The predicted octanol–water partition coefficient (Wildman–Crippen LogP) is 3.16. The number of hydrogen-bond donors (Lipinski definition) is 1. The minimum absolute atomic E-state index is 0.102. The average Bonchev–Trinajstić information content (AvgIpc) is 2.17. The fourth-order valence-corrected chi connectivity index (χ4v) is 1.88. The van der Waals surface area contributed by atoms with Crippen molar-refractivity contribution < 1.29 is 0 Å². The van der Waals surface area contributed by atoms with Gasteiger partial charge in [0.15, 0.2) is 0 Å². The third kappa shape index (κ3) is 2.28. The van der Waals surface area contributed by atoms with Crippen LogP contribution in [-0.4, -0.2) is 6.54 Å². The van der Waals surface area contributed by atoms with Crippen LogP contribution in [0.1, 0.15) is 26.3 Å². The molecule has 2 heteroatoms. The first-order chi connectivity index (χ1) is 6.50. The van der Waals surface area contributed by atoms with Crippen LogP contribution in [0, 0.1) is 9.49 Å². The Morgan fingerprint density at radius 1 is 1.29 bits per heavy atom. The quantitative estimate of drug-likeness (QED) is 0.853. The maximum absolute atomic E-state index is 5.88. The molecule has 0 radical (unpaired) electrons. The zero-order valence-corrected chi connectivity index (χ0v) is 11.2. The van der Waals surface area contributed by atoms with Gasteiger partial charge in [-0.15, -0.1) is 0 Å². The van der Waals surface area contributed by atoms with Gasteiger partial charge < -0.3 is 5.73 Å². The smallest absolute Gasteiger partial charge is 0.0130 e. The van der Waals surface area contributed by atoms with Crippen LogP contribution in [0.2, 0.25) is 0 Å². The molecule has 0 fully saturated rings. The summed E-state index contributed by atoms with van der Waals surface area (Å²) in [6, 6.07) is 8.67. The molecule has 0 aliphatic carbocycles. The summed E-state index contributed by atoms with van der Waals surface area (Å²) < 4.78 is 1.27. The molecule has 1 rings (SSSR count). The van der Waals surface area contributed by atoms with E-state index < -0.39 is 0 Å². The largest absolute Gasteiger partial charge is 0.330 e. The lowest BCUT2D eigenvalue weighted by Gasteiger charge is -2.33. The normalized spacial score (nSPS) is 15.6. The summed E-state index contributed by atoms with van der Waals surface area (Å²) in [5, 5.41) is 0. The second kappa shape index (κ2) is 4.62. The molecule has 0 aliphatic heterocycles. The van der Waals surface area contributed by atoms with Crippen molar-refractivity contribution in [3.05, 3.63) is 33.4 Å². The molecule has 1 aromatic rings. The van der Waals surface area contributed by atoms with Gasteiger partial charge in [0.25, 0.3) is 0 Å². The number of nitrogens with two attached hydrogens (primary N) is 1. The van der Waals surface area contributed by atoms with Crippen molar-refractivity contribution in [1.29, 1.82) is 0 Å². The molecule has 1 aromatic carbocycles. The van der Waals surface area contributed by atoms with E-state index in [1.807, 2.05) is 0 Å². The minimum Gasteiger partial charge on any atom is -0.330 e. The molecule has 2 N–H and O–H groups in total. The third-order valence-electron chi connectivity index (χ3n) is 3.20. The summed E-state index contributed by atoms with van der Waals surface area (Å²) in [6.07, 6.45) is 0. The van der Waals surface area contributed by atoms with Gasteiger partial charge in [0.2, 0.25) is 0 Å². The van der Waals surface area contributed by atoms with E-state index in [1.54, 1.807) is 0 Å². The van der Waals surface area contributed by atoms with E-state index in [1.165, 1.54) is 9.13 Å². The van der Waals surface area contributed by atoms with Crippen LogP contribution >= 0.6 is 22.6 Å². The number of rotatable bonds is 3. The standard InChI is InChI=1S/C12H18IN/c1-9(2)12(3,8-14)10-4-6-11(13)7-5-10/h4-7,9H,8,14H2,1-3H3. The highest BCUT2D eigenvalue weighted by Gasteiger charge is 2.28. The molecular weight excluding hydrogens is 285 g/mol. The third-order valence-corrected chi connectivity index (χ3v) is 3.92. The van der Waals surface area contributed by atoms with E-state index in [-0.39, 0.29) is 5.41 Å². The zero-order chi connectivity index (χ0) is 10.8. The highest BCUT2D eigenvalue weighted by Crippen LogP contribution is 2.30. The molecular formula is C12H18IN. The Kier molecular flexibility index (Phi) is 3.95. The fourth-order valence-electron chi connectivity index (χ4n) is 1.52. The molecule has 0 saturated carbocycles. The van der Waals surface area contributed by atoms with Gasteiger partial charge in [-0.05, 0) is 46.2 Å². The maximum Gasteiger partial charge on any atom is 0.0130 e. The van der Waals surface area contributed by atoms with Gasteiger partial charge in [0, 0.05) is 15.5 Å². The van der Waals surface area contributed by atoms with Crippen molar-refractivity contribution in [2.24, 2.45) is 11.7 Å². The Hall–Kier alpha value is -0.0900. The zero-order valence-electron chi connectivity index (χ0n) is 9.05. The minimum atomic E-state index is 0.102. The molecule has 0 amide bonds. The van der Waals surface area contributed by atoms with Gasteiger partial charge in [-0.2, -0.15) is 0 Å². The summed E-state index contributed by atoms with van der Waals surface area (Å²) in [6.45, 7) is 7.39. The molecule has 0 spiro atoms. The summed E-state index contributed by atoms with van der Waals surface area (Å²) in [4.78, 5) is 0. The second-order valence-corrected chi connectivity index (χ2v) is 5.53. The van der Waals surface area contributed by atoms with Crippen molar-refractivity contribution >= 4 is 22.6 Å². The van der Waals surface area contributed by atoms with E-state index >= 15 is 0 Å². The van der Waals surface area contributed by atoms with Crippen LogP contribution < -0.4 is 5.73 Å². The van der Waals surface area contributed by atoms with Crippen LogP contribution in [0.5, 0.6) is 0 Å². The lowest BCUT2D eigenvalue weighted by Crippen LogP contribution is -2.36. The molecule has 0 aliphatic rings. The van der Waals surface area contributed by atoms with Crippen molar-refractivity contribution in [2.75, 3.05) is 6.54 Å². The molecule has 0 heterocycles. The average molecular weight is 303 g/mol. The maximum atomic E-state index is 5.88. The highest BCUT2D eigenvalue weighted by atomic mass is 127. The SMILES string of the molecule is CC(C)C(C)(CN)c1ccc(I)cc1. The van der Waals surface area contributed by atoms with Crippen LogP contribution in [-0.2, 0) is 5.41 Å². The highest BCUT2D eigenvalue weighted by molar-refractivity contribution is 14.1. The monoisotopic (exact) mass is 303 g/mol. The topological polar surface area (TPSA) is 26.0 Å². The molecule has 1 unspecified atom stereocenters. The van der Waals surface area contributed by atoms with E-state index in [2.05, 4.69) is 67.6 Å². The van der Waals surface area contributed by atoms with Crippen molar-refractivity contribution in [1.82, 2.24) is 0 Å². The molecule has 0 saturated heterocycles. The van der Waals surface area contributed by atoms with Gasteiger partial charge in [0.1, 0.15) is 0 Å². The molecule has 14 heavy (non-hydrogen) atoms. The summed E-state index contributed by atoms with van der Waals surface area (Å²) in [5.74, 6) is 0.563. The molecule has 1 atom stereocenters. The van der Waals surface area contributed by atoms with Gasteiger partial charge >= 0.3 is 0 Å². The van der Waals surface area contributed by atoms with Gasteiger partial charge in [-0.3, -0.25) is 0 Å². The van der Waals surface area contributed by atoms with Gasteiger partial charge in [-0.1, -0.05) is 32.9 Å².